The number of hydrogen-bond donors (Lipinski definition) is 1. The Labute approximate surface area is 98.5 Å². The van der Waals surface area contributed by atoms with Crippen molar-refractivity contribution in [2.45, 2.75) is 53.5 Å². The van der Waals surface area contributed by atoms with Crippen LogP contribution in [-0.4, -0.2) is 9.97 Å². The Morgan fingerprint density at radius 3 is 1.88 bits per heavy atom. The Hall–Kier alpha value is -0.960. The van der Waals surface area contributed by atoms with Gasteiger partial charge in [0, 0.05) is 11.4 Å². The lowest BCUT2D eigenvalue weighted by atomic mass is 9.87. The van der Waals surface area contributed by atoms with E-state index in [2.05, 4.69) is 50.7 Å². The van der Waals surface area contributed by atoms with Crippen molar-refractivity contribution in [1.29, 1.82) is 0 Å². The fourth-order valence-corrected chi connectivity index (χ4v) is 1.46. The molecule has 0 aliphatic carbocycles. The van der Waals surface area contributed by atoms with Crippen LogP contribution in [0.1, 0.15) is 57.9 Å². The molecule has 1 heterocycles. The monoisotopic (exact) mass is 221 g/mol. The van der Waals surface area contributed by atoms with E-state index in [1.807, 2.05) is 0 Å². The molecule has 0 saturated carbocycles. The minimum atomic E-state index is -0.107. The number of nitrogens with two attached hydrogens (primary N) is 1. The van der Waals surface area contributed by atoms with Crippen LogP contribution in [0, 0.1) is 5.41 Å². The summed E-state index contributed by atoms with van der Waals surface area (Å²) >= 11 is 0. The number of aromatic nitrogens is 2. The van der Waals surface area contributed by atoms with E-state index < -0.39 is 0 Å². The van der Waals surface area contributed by atoms with Crippen LogP contribution in [0.2, 0.25) is 0 Å². The van der Waals surface area contributed by atoms with Gasteiger partial charge in [0.2, 0.25) is 0 Å². The molecule has 0 bridgehead atoms. The molecule has 3 heteroatoms. The summed E-state index contributed by atoms with van der Waals surface area (Å²) in [6.07, 6.45) is 1.86. The van der Waals surface area contributed by atoms with E-state index >= 15 is 0 Å². The first kappa shape index (κ1) is 13.1. The molecule has 1 aromatic heterocycles. The number of nitrogens with zero attached hydrogens (tertiary/aromatic N) is 2. The van der Waals surface area contributed by atoms with Gasteiger partial charge in [0.25, 0.3) is 0 Å². The molecule has 0 fully saturated rings. The van der Waals surface area contributed by atoms with Crippen molar-refractivity contribution >= 4 is 0 Å². The zero-order valence-corrected chi connectivity index (χ0v) is 11.0. The van der Waals surface area contributed by atoms with E-state index in [0.717, 1.165) is 30.1 Å². The van der Waals surface area contributed by atoms with E-state index in [1.165, 1.54) is 0 Å². The molecule has 1 unspecified atom stereocenters. The van der Waals surface area contributed by atoms with Crippen LogP contribution in [0.5, 0.6) is 0 Å². The molecule has 0 aliphatic rings. The second-order valence-electron chi connectivity index (χ2n) is 5.26. The van der Waals surface area contributed by atoms with Gasteiger partial charge in [-0.05, 0) is 24.3 Å². The number of hydrogen-bond acceptors (Lipinski definition) is 3. The maximum Gasteiger partial charge on any atom is 0.146 e. The number of aryl methyl sites for hydroxylation is 2. The zero-order chi connectivity index (χ0) is 12.3. The van der Waals surface area contributed by atoms with Crippen LogP contribution in [0.25, 0.3) is 0 Å². The summed E-state index contributed by atoms with van der Waals surface area (Å²) in [5.74, 6) is 0.781. The predicted octanol–water partition coefficient (Wildman–Crippen LogP) is 2.65. The van der Waals surface area contributed by atoms with Gasteiger partial charge in [-0.3, -0.25) is 0 Å². The minimum absolute atomic E-state index is 0.00260. The lowest BCUT2D eigenvalue weighted by molar-refractivity contribution is 0.314. The molecule has 0 aromatic carbocycles. The van der Waals surface area contributed by atoms with Gasteiger partial charge in [0.15, 0.2) is 0 Å². The molecule has 16 heavy (non-hydrogen) atoms. The van der Waals surface area contributed by atoms with Gasteiger partial charge < -0.3 is 5.73 Å². The third kappa shape index (κ3) is 3.01. The minimum Gasteiger partial charge on any atom is -0.321 e. The molecule has 1 rings (SSSR count). The van der Waals surface area contributed by atoms with Gasteiger partial charge in [-0.25, -0.2) is 9.97 Å². The third-order valence-corrected chi connectivity index (χ3v) is 2.79. The average Bonchev–Trinajstić information content (AvgIpc) is 2.26. The average molecular weight is 221 g/mol. The second-order valence-corrected chi connectivity index (χ2v) is 5.26. The molecule has 1 aromatic rings. The van der Waals surface area contributed by atoms with Crippen molar-refractivity contribution < 1.29 is 0 Å². The summed E-state index contributed by atoms with van der Waals surface area (Å²) in [5, 5.41) is 0. The second kappa shape index (κ2) is 4.91. The smallest absolute Gasteiger partial charge is 0.146 e. The highest BCUT2D eigenvalue weighted by Crippen LogP contribution is 2.28. The van der Waals surface area contributed by atoms with Crippen molar-refractivity contribution in [3.05, 3.63) is 23.3 Å². The highest BCUT2D eigenvalue weighted by Gasteiger charge is 2.25. The Kier molecular flexibility index (Phi) is 4.03. The van der Waals surface area contributed by atoms with Crippen LogP contribution in [0.4, 0.5) is 0 Å². The highest BCUT2D eigenvalue weighted by atomic mass is 14.9. The summed E-state index contributed by atoms with van der Waals surface area (Å²) in [5.41, 5.74) is 8.36. The van der Waals surface area contributed by atoms with Crippen LogP contribution < -0.4 is 5.73 Å². The fourth-order valence-electron chi connectivity index (χ4n) is 1.46. The predicted molar refractivity (Wildman–Crippen MR) is 67.2 cm³/mol. The fraction of sp³-hybridized carbons (Fsp3) is 0.692. The van der Waals surface area contributed by atoms with Crippen LogP contribution in [0.15, 0.2) is 6.07 Å². The van der Waals surface area contributed by atoms with Gasteiger partial charge in [-0.1, -0.05) is 34.6 Å². The van der Waals surface area contributed by atoms with E-state index in [0.29, 0.717) is 0 Å². The largest absolute Gasteiger partial charge is 0.321 e. The first-order valence-corrected chi connectivity index (χ1v) is 6.00. The Morgan fingerprint density at radius 2 is 1.56 bits per heavy atom. The lowest BCUT2D eigenvalue weighted by Gasteiger charge is -2.26. The summed E-state index contributed by atoms with van der Waals surface area (Å²) in [6.45, 7) is 10.6. The van der Waals surface area contributed by atoms with E-state index in [-0.39, 0.29) is 11.5 Å². The molecule has 0 radical (unpaired) electrons. The maximum absolute atomic E-state index is 6.19. The molecule has 0 saturated heterocycles. The molecule has 0 amide bonds. The Balaban J connectivity index is 3.13. The molecule has 1 atom stereocenters. The zero-order valence-electron chi connectivity index (χ0n) is 11.0. The molecule has 90 valence electrons. The molecule has 0 aliphatic heterocycles. The van der Waals surface area contributed by atoms with Crippen molar-refractivity contribution in [3.63, 3.8) is 0 Å². The lowest BCUT2D eigenvalue weighted by Crippen LogP contribution is -2.28. The summed E-state index contributed by atoms with van der Waals surface area (Å²) < 4.78 is 0. The van der Waals surface area contributed by atoms with Gasteiger partial charge >= 0.3 is 0 Å². The standard InChI is InChI=1S/C13H23N3/c1-6-9-8-10(7-2)16-12(15-9)11(14)13(3,4)5/h8,11H,6-7,14H2,1-5H3. The van der Waals surface area contributed by atoms with Crippen molar-refractivity contribution in [2.24, 2.45) is 11.1 Å². The molecular formula is C13H23N3. The van der Waals surface area contributed by atoms with Crippen LogP contribution in [-0.2, 0) is 12.8 Å². The topological polar surface area (TPSA) is 51.8 Å². The summed E-state index contributed by atoms with van der Waals surface area (Å²) in [6, 6.07) is 1.96. The quantitative estimate of drug-likeness (QED) is 0.853. The van der Waals surface area contributed by atoms with E-state index in [1.54, 1.807) is 0 Å². The maximum atomic E-state index is 6.19. The molecule has 2 N–H and O–H groups in total. The Bertz CT molecular complexity index is 330. The SMILES string of the molecule is CCc1cc(CC)nc(C(N)C(C)(C)C)n1. The first-order chi connectivity index (χ1) is 7.38. The van der Waals surface area contributed by atoms with Crippen molar-refractivity contribution in [1.82, 2.24) is 9.97 Å². The molecule has 3 nitrogen and oxygen atoms in total. The van der Waals surface area contributed by atoms with Gasteiger partial charge in [-0.15, -0.1) is 0 Å². The van der Waals surface area contributed by atoms with E-state index in [4.69, 9.17) is 5.73 Å². The first-order valence-electron chi connectivity index (χ1n) is 6.00. The highest BCUT2D eigenvalue weighted by molar-refractivity contribution is 5.14. The number of rotatable bonds is 3. The summed E-state index contributed by atoms with van der Waals surface area (Å²) in [4.78, 5) is 9.06. The van der Waals surface area contributed by atoms with Gasteiger partial charge in [0.05, 0.1) is 6.04 Å². The normalized spacial score (nSPS) is 13.9. The summed E-state index contributed by atoms with van der Waals surface area (Å²) in [7, 11) is 0. The van der Waals surface area contributed by atoms with Crippen molar-refractivity contribution in [2.75, 3.05) is 0 Å². The van der Waals surface area contributed by atoms with E-state index in [9.17, 15) is 0 Å². The third-order valence-electron chi connectivity index (χ3n) is 2.79. The van der Waals surface area contributed by atoms with Crippen LogP contribution in [0.3, 0.4) is 0 Å². The molecular weight excluding hydrogens is 198 g/mol. The van der Waals surface area contributed by atoms with Crippen LogP contribution >= 0.6 is 0 Å². The Morgan fingerprint density at radius 1 is 1.12 bits per heavy atom. The van der Waals surface area contributed by atoms with Gasteiger partial charge in [0.1, 0.15) is 5.82 Å². The van der Waals surface area contributed by atoms with Crippen molar-refractivity contribution in [3.8, 4) is 0 Å². The van der Waals surface area contributed by atoms with Gasteiger partial charge in [-0.2, -0.15) is 0 Å². The molecule has 0 spiro atoms.